The van der Waals surface area contributed by atoms with Gasteiger partial charge in [-0.3, -0.25) is 9.89 Å². The quantitative estimate of drug-likeness (QED) is 0.897. The SMILES string of the molecule is Cc1n[nH]c(C)c1C(=O)Nc1cccnc1OC(C)C. The van der Waals surface area contributed by atoms with Crippen LogP contribution in [0.25, 0.3) is 0 Å². The standard InChI is InChI=1S/C14H18N4O2/c1-8(2)20-14-11(6-5-7-15-14)16-13(19)12-9(3)17-18-10(12)4/h5-8H,1-4H3,(H,16,19)(H,17,18). The third-order valence-corrected chi connectivity index (χ3v) is 2.72. The van der Waals surface area contributed by atoms with Gasteiger partial charge < -0.3 is 10.1 Å². The minimum atomic E-state index is -0.227. The van der Waals surface area contributed by atoms with E-state index in [9.17, 15) is 4.79 Å². The van der Waals surface area contributed by atoms with E-state index in [-0.39, 0.29) is 12.0 Å². The summed E-state index contributed by atoms with van der Waals surface area (Å²) in [5, 5.41) is 9.62. The number of carbonyl (C=O) groups is 1. The Morgan fingerprint density at radius 3 is 2.75 bits per heavy atom. The van der Waals surface area contributed by atoms with Gasteiger partial charge in [-0.25, -0.2) is 4.98 Å². The van der Waals surface area contributed by atoms with E-state index in [4.69, 9.17) is 4.74 Å². The molecule has 0 saturated heterocycles. The molecule has 2 rings (SSSR count). The molecule has 106 valence electrons. The molecule has 20 heavy (non-hydrogen) atoms. The third-order valence-electron chi connectivity index (χ3n) is 2.72. The number of nitrogens with one attached hydrogen (secondary N) is 2. The smallest absolute Gasteiger partial charge is 0.259 e. The number of carbonyl (C=O) groups excluding carboxylic acids is 1. The monoisotopic (exact) mass is 274 g/mol. The van der Waals surface area contributed by atoms with E-state index in [2.05, 4.69) is 20.5 Å². The molecule has 0 unspecified atom stereocenters. The number of nitrogens with zero attached hydrogens (tertiary/aromatic N) is 2. The maximum atomic E-state index is 12.3. The van der Waals surface area contributed by atoms with Crippen LogP contribution in [0.5, 0.6) is 5.88 Å². The van der Waals surface area contributed by atoms with Crippen LogP contribution >= 0.6 is 0 Å². The average molecular weight is 274 g/mol. The molecule has 2 aromatic heterocycles. The molecule has 0 aromatic carbocycles. The van der Waals surface area contributed by atoms with Crippen molar-refractivity contribution in [2.75, 3.05) is 5.32 Å². The van der Waals surface area contributed by atoms with Crippen molar-refractivity contribution in [3.05, 3.63) is 35.3 Å². The number of hydrogen-bond acceptors (Lipinski definition) is 4. The van der Waals surface area contributed by atoms with Gasteiger partial charge in [-0.05, 0) is 39.8 Å². The van der Waals surface area contributed by atoms with Crippen LogP contribution in [0, 0.1) is 13.8 Å². The second kappa shape index (κ2) is 5.73. The van der Waals surface area contributed by atoms with E-state index in [1.807, 2.05) is 20.8 Å². The first-order valence-electron chi connectivity index (χ1n) is 6.43. The number of anilines is 1. The number of rotatable bonds is 4. The van der Waals surface area contributed by atoms with Crippen LogP contribution in [-0.4, -0.2) is 27.2 Å². The fraction of sp³-hybridized carbons (Fsp3) is 0.357. The molecule has 6 heteroatoms. The van der Waals surface area contributed by atoms with Gasteiger partial charge in [-0.1, -0.05) is 0 Å². The molecule has 0 aliphatic carbocycles. The van der Waals surface area contributed by atoms with Crippen molar-refractivity contribution < 1.29 is 9.53 Å². The number of aryl methyl sites for hydroxylation is 2. The average Bonchev–Trinajstić information content (AvgIpc) is 2.71. The van der Waals surface area contributed by atoms with Gasteiger partial charge in [0.2, 0.25) is 5.88 Å². The predicted molar refractivity (Wildman–Crippen MR) is 76.0 cm³/mol. The highest BCUT2D eigenvalue weighted by Crippen LogP contribution is 2.23. The van der Waals surface area contributed by atoms with Gasteiger partial charge in [-0.15, -0.1) is 0 Å². The molecule has 6 nitrogen and oxygen atoms in total. The van der Waals surface area contributed by atoms with Crippen LogP contribution in [0.15, 0.2) is 18.3 Å². The molecule has 0 radical (unpaired) electrons. The van der Waals surface area contributed by atoms with Crippen molar-refractivity contribution in [2.24, 2.45) is 0 Å². The molecule has 1 amide bonds. The summed E-state index contributed by atoms with van der Waals surface area (Å²) >= 11 is 0. The fourth-order valence-corrected chi connectivity index (χ4v) is 1.87. The number of hydrogen-bond donors (Lipinski definition) is 2. The van der Waals surface area contributed by atoms with Crippen LogP contribution in [-0.2, 0) is 0 Å². The molecule has 0 aliphatic heterocycles. The number of amides is 1. The number of aromatic amines is 1. The van der Waals surface area contributed by atoms with Gasteiger partial charge in [0.1, 0.15) is 5.69 Å². The van der Waals surface area contributed by atoms with Gasteiger partial charge in [0.05, 0.1) is 17.4 Å². The maximum Gasteiger partial charge on any atom is 0.259 e. The largest absolute Gasteiger partial charge is 0.473 e. The second-order valence-electron chi connectivity index (χ2n) is 4.79. The molecular formula is C14H18N4O2. The van der Waals surface area contributed by atoms with Crippen molar-refractivity contribution in [1.29, 1.82) is 0 Å². The summed E-state index contributed by atoms with van der Waals surface area (Å²) in [6, 6.07) is 3.51. The third kappa shape index (κ3) is 2.96. The highest BCUT2D eigenvalue weighted by atomic mass is 16.5. The van der Waals surface area contributed by atoms with Crippen LogP contribution in [0.3, 0.4) is 0 Å². The van der Waals surface area contributed by atoms with E-state index >= 15 is 0 Å². The van der Waals surface area contributed by atoms with E-state index in [0.717, 1.165) is 5.69 Å². The maximum absolute atomic E-state index is 12.3. The predicted octanol–water partition coefficient (Wildman–Crippen LogP) is 2.46. The highest BCUT2D eigenvalue weighted by molar-refractivity contribution is 6.06. The van der Waals surface area contributed by atoms with E-state index in [1.54, 1.807) is 25.3 Å². The Morgan fingerprint density at radius 2 is 2.15 bits per heavy atom. The number of H-pyrrole nitrogens is 1. The topological polar surface area (TPSA) is 79.9 Å². The second-order valence-corrected chi connectivity index (χ2v) is 4.79. The van der Waals surface area contributed by atoms with Crippen molar-refractivity contribution >= 4 is 11.6 Å². The molecule has 0 fully saturated rings. The summed E-state index contributed by atoms with van der Waals surface area (Å²) in [5.74, 6) is 0.185. The number of aromatic nitrogens is 3. The van der Waals surface area contributed by atoms with Crippen molar-refractivity contribution in [3.63, 3.8) is 0 Å². The normalized spacial score (nSPS) is 10.7. The first-order chi connectivity index (χ1) is 9.49. The molecule has 0 bridgehead atoms. The van der Waals surface area contributed by atoms with E-state index in [0.29, 0.717) is 22.8 Å². The highest BCUT2D eigenvalue weighted by Gasteiger charge is 2.17. The fourth-order valence-electron chi connectivity index (χ4n) is 1.87. The van der Waals surface area contributed by atoms with Crippen molar-refractivity contribution in [3.8, 4) is 5.88 Å². The Hall–Kier alpha value is -2.37. The summed E-state index contributed by atoms with van der Waals surface area (Å²) < 4.78 is 5.57. The number of pyridine rings is 1. The lowest BCUT2D eigenvalue weighted by Crippen LogP contribution is -2.16. The van der Waals surface area contributed by atoms with Crippen LogP contribution in [0.1, 0.15) is 35.6 Å². The minimum absolute atomic E-state index is 0.0158. The van der Waals surface area contributed by atoms with Crippen LogP contribution in [0.2, 0.25) is 0 Å². The van der Waals surface area contributed by atoms with E-state index in [1.165, 1.54) is 0 Å². The zero-order chi connectivity index (χ0) is 14.7. The van der Waals surface area contributed by atoms with Crippen LogP contribution < -0.4 is 10.1 Å². The Bertz CT molecular complexity index is 600. The van der Waals surface area contributed by atoms with Gasteiger partial charge in [0.25, 0.3) is 5.91 Å². The number of ether oxygens (including phenoxy) is 1. The summed E-state index contributed by atoms with van der Waals surface area (Å²) in [4.78, 5) is 16.4. The summed E-state index contributed by atoms with van der Waals surface area (Å²) in [7, 11) is 0. The Kier molecular flexibility index (Phi) is 4.02. The molecule has 0 aliphatic rings. The van der Waals surface area contributed by atoms with Crippen LogP contribution in [0.4, 0.5) is 5.69 Å². The van der Waals surface area contributed by atoms with Gasteiger partial charge in [0.15, 0.2) is 0 Å². The molecule has 2 heterocycles. The lowest BCUT2D eigenvalue weighted by molar-refractivity contribution is 0.102. The molecule has 2 aromatic rings. The molecule has 0 spiro atoms. The Morgan fingerprint density at radius 1 is 1.40 bits per heavy atom. The summed E-state index contributed by atoms with van der Waals surface area (Å²) in [6.45, 7) is 7.41. The first kappa shape index (κ1) is 14.0. The molecule has 0 atom stereocenters. The van der Waals surface area contributed by atoms with Crippen molar-refractivity contribution in [2.45, 2.75) is 33.8 Å². The zero-order valence-corrected chi connectivity index (χ0v) is 12.0. The molecule has 2 N–H and O–H groups in total. The Labute approximate surface area is 117 Å². The summed E-state index contributed by atoms with van der Waals surface area (Å²) in [5.41, 5.74) is 2.49. The minimum Gasteiger partial charge on any atom is -0.473 e. The Balaban J connectivity index is 2.24. The van der Waals surface area contributed by atoms with E-state index < -0.39 is 0 Å². The van der Waals surface area contributed by atoms with Gasteiger partial charge in [-0.2, -0.15) is 5.10 Å². The lowest BCUT2D eigenvalue weighted by atomic mass is 10.2. The molecular weight excluding hydrogens is 256 g/mol. The summed E-state index contributed by atoms with van der Waals surface area (Å²) in [6.07, 6.45) is 1.61. The van der Waals surface area contributed by atoms with Gasteiger partial charge >= 0.3 is 0 Å². The molecule has 0 saturated carbocycles. The van der Waals surface area contributed by atoms with Gasteiger partial charge in [0, 0.05) is 11.9 Å². The van der Waals surface area contributed by atoms with Crippen molar-refractivity contribution in [1.82, 2.24) is 15.2 Å². The lowest BCUT2D eigenvalue weighted by Gasteiger charge is -2.13. The first-order valence-corrected chi connectivity index (χ1v) is 6.43. The zero-order valence-electron chi connectivity index (χ0n) is 12.0.